The Balaban J connectivity index is 1.41. The van der Waals surface area contributed by atoms with E-state index in [-0.39, 0.29) is 5.56 Å². The normalized spacial score (nSPS) is 32.8. The summed E-state index contributed by atoms with van der Waals surface area (Å²) in [6.45, 7) is 0. The van der Waals surface area contributed by atoms with E-state index in [0.29, 0.717) is 17.8 Å². The van der Waals surface area contributed by atoms with Gasteiger partial charge in [0.15, 0.2) is 0 Å². The predicted octanol–water partition coefficient (Wildman–Crippen LogP) is 5.02. The molecule has 4 saturated carbocycles. The molecule has 0 atom stereocenters. The number of hydrogen-bond acceptors (Lipinski definition) is 1. The maximum Gasteiger partial charge on any atom is 0.349 e. The Hall–Kier alpha value is -1.97. The van der Waals surface area contributed by atoms with Crippen molar-refractivity contribution in [3.05, 3.63) is 48.0 Å². The molecule has 2 aromatic rings. The molecule has 2 aromatic carbocycles. The zero-order chi connectivity index (χ0) is 17.9. The molecule has 136 valence electrons. The number of halogens is 2. The van der Waals surface area contributed by atoms with Crippen LogP contribution in [-0.4, -0.2) is 11.4 Å². The summed E-state index contributed by atoms with van der Waals surface area (Å²) in [7, 11) is 0. The van der Waals surface area contributed by atoms with Gasteiger partial charge in [-0.25, -0.2) is 0 Å². The van der Waals surface area contributed by atoms with Gasteiger partial charge < -0.3 is 5.32 Å². The Morgan fingerprint density at radius 1 is 0.923 bits per heavy atom. The number of hydrogen-bond donors (Lipinski definition) is 1. The van der Waals surface area contributed by atoms with Crippen LogP contribution in [0.5, 0.6) is 0 Å². The first-order chi connectivity index (χ1) is 12.4. The van der Waals surface area contributed by atoms with Crippen LogP contribution in [0.4, 0.5) is 8.78 Å². The first kappa shape index (κ1) is 16.2. The van der Waals surface area contributed by atoms with Crippen LogP contribution < -0.4 is 5.32 Å². The molecule has 4 heteroatoms. The molecule has 0 radical (unpaired) electrons. The Bertz CT molecular complexity index is 840. The second-order valence-electron chi connectivity index (χ2n) is 8.79. The molecule has 2 nitrogen and oxygen atoms in total. The Labute approximate surface area is 152 Å². The smallest absolute Gasteiger partial charge is 0.345 e. The van der Waals surface area contributed by atoms with E-state index in [2.05, 4.69) is 5.32 Å². The minimum Gasteiger partial charge on any atom is -0.345 e. The van der Waals surface area contributed by atoms with E-state index in [9.17, 15) is 13.6 Å². The summed E-state index contributed by atoms with van der Waals surface area (Å²) < 4.78 is 29.9. The SMILES string of the molecule is O=C(NC12CC3CC(CC(C3)C1)C2)C(F)(F)c1ccc2ccccc2c1. The molecule has 1 amide bonds. The minimum absolute atomic E-state index is 0.224. The quantitative estimate of drug-likeness (QED) is 0.823. The van der Waals surface area contributed by atoms with Gasteiger partial charge in [-0.1, -0.05) is 36.4 Å². The lowest BCUT2D eigenvalue weighted by Crippen LogP contribution is -2.61. The lowest BCUT2D eigenvalue weighted by molar-refractivity contribution is -0.152. The molecule has 4 aliphatic rings. The number of carbonyl (C=O) groups is 1. The van der Waals surface area contributed by atoms with Gasteiger partial charge in [-0.05, 0) is 73.1 Å². The summed E-state index contributed by atoms with van der Waals surface area (Å²) in [5.41, 5.74) is -0.620. The van der Waals surface area contributed by atoms with Crippen LogP contribution >= 0.6 is 0 Å². The van der Waals surface area contributed by atoms with Gasteiger partial charge in [0.1, 0.15) is 0 Å². The van der Waals surface area contributed by atoms with Crippen molar-refractivity contribution in [1.82, 2.24) is 5.32 Å². The van der Waals surface area contributed by atoms with E-state index in [4.69, 9.17) is 0 Å². The first-order valence-electron chi connectivity index (χ1n) is 9.63. The monoisotopic (exact) mass is 355 g/mol. The average molecular weight is 355 g/mol. The third-order valence-electron chi connectivity index (χ3n) is 6.81. The number of benzene rings is 2. The summed E-state index contributed by atoms with van der Waals surface area (Å²) in [5.74, 6) is -2.81. The molecule has 26 heavy (non-hydrogen) atoms. The lowest BCUT2D eigenvalue weighted by atomic mass is 9.53. The van der Waals surface area contributed by atoms with E-state index in [1.165, 1.54) is 31.4 Å². The van der Waals surface area contributed by atoms with E-state index < -0.39 is 17.4 Å². The Morgan fingerprint density at radius 3 is 2.12 bits per heavy atom. The highest BCUT2D eigenvalue weighted by Gasteiger charge is 2.54. The highest BCUT2D eigenvalue weighted by atomic mass is 19.3. The highest BCUT2D eigenvalue weighted by molar-refractivity contribution is 5.89. The second kappa shape index (κ2) is 5.51. The standard InChI is InChI=1S/C22H23F2NO/c23-22(24,19-6-5-17-3-1-2-4-18(17)10-19)20(26)25-21-11-14-7-15(12-21)9-16(8-14)13-21/h1-6,10,14-16H,7-9,11-13H2,(H,25,26). The zero-order valence-electron chi connectivity index (χ0n) is 14.7. The zero-order valence-corrected chi connectivity index (χ0v) is 14.7. The van der Waals surface area contributed by atoms with E-state index in [1.807, 2.05) is 18.2 Å². The van der Waals surface area contributed by atoms with E-state index in [0.717, 1.165) is 30.0 Å². The number of carbonyl (C=O) groups excluding carboxylic acids is 1. The number of rotatable bonds is 3. The van der Waals surface area contributed by atoms with Crippen molar-refractivity contribution in [1.29, 1.82) is 0 Å². The van der Waals surface area contributed by atoms with Gasteiger partial charge in [0.05, 0.1) is 0 Å². The van der Waals surface area contributed by atoms with Crippen LogP contribution in [0, 0.1) is 17.8 Å². The molecule has 0 unspecified atom stereocenters. The van der Waals surface area contributed by atoms with Gasteiger partial charge in [0, 0.05) is 11.1 Å². The van der Waals surface area contributed by atoms with E-state index >= 15 is 0 Å². The van der Waals surface area contributed by atoms with Gasteiger partial charge in [0.25, 0.3) is 5.91 Å². The Morgan fingerprint density at radius 2 is 1.50 bits per heavy atom. The molecular weight excluding hydrogens is 332 g/mol. The topological polar surface area (TPSA) is 29.1 Å². The van der Waals surface area contributed by atoms with Gasteiger partial charge in [-0.2, -0.15) is 8.78 Å². The van der Waals surface area contributed by atoms with Crippen molar-refractivity contribution in [3.8, 4) is 0 Å². The summed E-state index contributed by atoms with van der Waals surface area (Å²) in [6.07, 6.45) is 6.28. The summed E-state index contributed by atoms with van der Waals surface area (Å²) in [5, 5.41) is 4.45. The van der Waals surface area contributed by atoms with Crippen molar-refractivity contribution >= 4 is 16.7 Å². The molecule has 4 fully saturated rings. The lowest BCUT2D eigenvalue weighted by Gasteiger charge is -2.57. The van der Waals surface area contributed by atoms with Crippen LogP contribution in [0.15, 0.2) is 42.5 Å². The molecule has 0 heterocycles. The fourth-order valence-corrected chi connectivity index (χ4v) is 6.10. The van der Waals surface area contributed by atoms with Crippen molar-refractivity contribution in [2.45, 2.75) is 50.0 Å². The van der Waals surface area contributed by atoms with Crippen molar-refractivity contribution in [2.75, 3.05) is 0 Å². The van der Waals surface area contributed by atoms with Gasteiger partial charge in [0.2, 0.25) is 0 Å². The second-order valence-corrected chi connectivity index (χ2v) is 8.79. The molecule has 6 rings (SSSR count). The van der Waals surface area contributed by atoms with Crippen LogP contribution in [0.2, 0.25) is 0 Å². The number of alkyl halides is 2. The van der Waals surface area contributed by atoms with Crippen LogP contribution in [0.1, 0.15) is 44.1 Å². The molecule has 0 spiro atoms. The van der Waals surface area contributed by atoms with Crippen molar-refractivity contribution < 1.29 is 13.6 Å². The molecule has 1 N–H and O–H groups in total. The van der Waals surface area contributed by atoms with Gasteiger partial charge >= 0.3 is 5.92 Å². The first-order valence-corrected chi connectivity index (χ1v) is 9.63. The van der Waals surface area contributed by atoms with Crippen molar-refractivity contribution in [3.63, 3.8) is 0 Å². The maximum absolute atomic E-state index is 15.0. The number of nitrogens with one attached hydrogen (secondary N) is 1. The number of fused-ring (bicyclic) bond motifs is 1. The van der Waals surface area contributed by atoms with E-state index in [1.54, 1.807) is 12.1 Å². The van der Waals surface area contributed by atoms with Crippen LogP contribution in [0.25, 0.3) is 10.8 Å². The molecular formula is C22H23F2NO. The summed E-state index contributed by atoms with van der Waals surface area (Å²) in [6, 6.07) is 11.9. The third kappa shape index (κ3) is 2.53. The molecule has 0 aromatic heterocycles. The third-order valence-corrected chi connectivity index (χ3v) is 6.81. The summed E-state index contributed by atoms with van der Waals surface area (Å²) in [4.78, 5) is 12.6. The molecule has 0 aliphatic heterocycles. The van der Waals surface area contributed by atoms with Crippen LogP contribution in [-0.2, 0) is 10.7 Å². The molecule has 0 saturated heterocycles. The summed E-state index contributed by atoms with van der Waals surface area (Å²) >= 11 is 0. The van der Waals surface area contributed by atoms with Gasteiger partial charge in [-0.3, -0.25) is 4.79 Å². The Kier molecular flexibility index (Phi) is 3.44. The molecule has 4 aliphatic carbocycles. The largest absolute Gasteiger partial charge is 0.349 e. The van der Waals surface area contributed by atoms with Crippen LogP contribution in [0.3, 0.4) is 0 Å². The van der Waals surface area contributed by atoms with Crippen molar-refractivity contribution in [2.24, 2.45) is 17.8 Å². The molecule has 4 bridgehead atoms. The predicted molar refractivity (Wildman–Crippen MR) is 96.9 cm³/mol. The fourth-order valence-electron chi connectivity index (χ4n) is 6.10. The average Bonchev–Trinajstić information content (AvgIpc) is 2.59. The highest BCUT2D eigenvalue weighted by Crippen LogP contribution is 2.55. The van der Waals surface area contributed by atoms with Gasteiger partial charge in [-0.15, -0.1) is 0 Å². The number of amides is 1. The maximum atomic E-state index is 15.0. The minimum atomic E-state index is -3.51. The fraction of sp³-hybridized carbons (Fsp3) is 0.500.